The van der Waals surface area contributed by atoms with E-state index in [1.807, 2.05) is 19.1 Å². The van der Waals surface area contributed by atoms with Crippen LogP contribution in [0.4, 0.5) is 4.79 Å². The molecular weight excluding hydrogens is 296 g/mol. The van der Waals surface area contributed by atoms with Gasteiger partial charge in [-0.1, -0.05) is 6.07 Å². The molecule has 2 aliphatic heterocycles. The average molecular weight is 320 g/mol. The number of nitrogens with zero attached hydrogens (tertiary/aromatic N) is 1. The lowest BCUT2D eigenvalue weighted by atomic mass is 10.0. The predicted molar refractivity (Wildman–Crippen MR) is 85.9 cm³/mol. The van der Waals surface area contributed by atoms with Gasteiger partial charge in [0.2, 0.25) is 0 Å². The van der Waals surface area contributed by atoms with Crippen LogP contribution in [-0.4, -0.2) is 49.9 Å². The highest BCUT2D eigenvalue weighted by molar-refractivity contribution is 5.67. The molecule has 0 atom stereocenters. The Kier molecular flexibility index (Phi) is 5.23. The Balaban J connectivity index is 1.45. The molecule has 6 nitrogen and oxygen atoms in total. The molecule has 0 aromatic heterocycles. The highest BCUT2D eigenvalue weighted by atomic mass is 16.6. The Morgan fingerprint density at radius 3 is 2.74 bits per heavy atom. The van der Waals surface area contributed by atoms with Crippen molar-refractivity contribution in [1.29, 1.82) is 0 Å². The number of piperidine rings is 1. The lowest BCUT2D eigenvalue weighted by molar-refractivity contribution is 0.0950. The number of fused-ring (bicyclic) bond motifs is 1. The van der Waals surface area contributed by atoms with Crippen LogP contribution in [0, 0.1) is 0 Å². The maximum absolute atomic E-state index is 11.7. The van der Waals surface area contributed by atoms with Gasteiger partial charge < -0.3 is 24.4 Å². The topological polar surface area (TPSA) is 60.0 Å². The third-order valence-corrected chi connectivity index (χ3v) is 4.22. The maximum atomic E-state index is 11.7. The molecule has 1 aromatic rings. The van der Waals surface area contributed by atoms with Crippen LogP contribution in [0.3, 0.4) is 0 Å². The van der Waals surface area contributed by atoms with Crippen LogP contribution in [0.25, 0.3) is 0 Å². The molecule has 126 valence electrons. The molecule has 0 radical (unpaired) electrons. The van der Waals surface area contributed by atoms with Crippen molar-refractivity contribution >= 4 is 6.09 Å². The van der Waals surface area contributed by atoms with E-state index in [2.05, 4.69) is 11.4 Å². The van der Waals surface area contributed by atoms with Gasteiger partial charge in [0.05, 0.1) is 6.61 Å². The molecule has 0 spiro atoms. The minimum atomic E-state index is -0.196. The number of rotatable bonds is 4. The van der Waals surface area contributed by atoms with Crippen molar-refractivity contribution in [3.05, 3.63) is 23.8 Å². The molecule has 2 heterocycles. The van der Waals surface area contributed by atoms with Crippen LogP contribution < -0.4 is 14.8 Å². The van der Waals surface area contributed by atoms with Gasteiger partial charge in [-0.15, -0.1) is 0 Å². The van der Waals surface area contributed by atoms with Gasteiger partial charge >= 0.3 is 6.09 Å². The zero-order chi connectivity index (χ0) is 16.1. The average Bonchev–Trinajstić information content (AvgIpc) is 2.60. The van der Waals surface area contributed by atoms with Crippen LogP contribution in [0.2, 0.25) is 0 Å². The summed E-state index contributed by atoms with van der Waals surface area (Å²) in [4.78, 5) is 13.5. The van der Waals surface area contributed by atoms with Gasteiger partial charge in [-0.25, -0.2) is 4.79 Å². The number of hydrogen-bond donors (Lipinski definition) is 1. The molecule has 1 fully saturated rings. The smallest absolute Gasteiger partial charge is 0.409 e. The fourth-order valence-electron chi connectivity index (χ4n) is 2.94. The second-order valence-electron chi connectivity index (χ2n) is 5.82. The Labute approximate surface area is 136 Å². The summed E-state index contributed by atoms with van der Waals surface area (Å²) >= 11 is 0. The Bertz CT molecular complexity index is 541. The molecule has 1 N–H and O–H groups in total. The fourth-order valence-corrected chi connectivity index (χ4v) is 2.94. The van der Waals surface area contributed by atoms with Gasteiger partial charge in [0.25, 0.3) is 0 Å². The van der Waals surface area contributed by atoms with E-state index in [-0.39, 0.29) is 6.09 Å². The fraction of sp³-hybridized carbons (Fsp3) is 0.588. The lowest BCUT2D eigenvalue weighted by Gasteiger charge is -2.31. The summed E-state index contributed by atoms with van der Waals surface area (Å²) in [6.45, 7) is 5.77. The summed E-state index contributed by atoms with van der Waals surface area (Å²) in [6.07, 6.45) is 1.70. The molecule has 0 aliphatic carbocycles. The zero-order valence-electron chi connectivity index (χ0n) is 13.5. The maximum Gasteiger partial charge on any atom is 0.409 e. The molecule has 2 aliphatic rings. The van der Waals surface area contributed by atoms with Crippen molar-refractivity contribution in [2.45, 2.75) is 32.4 Å². The molecular formula is C17H24N2O4. The molecule has 0 saturated carbocycles. The molecule has 1 aromatic carbocycles. The van der Waals surface area contributed by atoms with E-state index in [0.29, 0.717) is 25.9 Å². The van der Waals surface area contributed by atoms with Crippen LogP contribution in [0.15, 0.2) is 18.2 Å². The Hall–Kier alpha value is -1.95. The standard InChI is InChI=1S/C17H24N2O4/c1-2-21-17(20)19-7-5-14(6-8-19)18-12-13-3-4-15-16(11-13)23-10-9-22-15/h3-4,11,14,18H,2,5-10,12H2,1H3. The number of carbonyl (C=O) groups is 1. The summed E-state index contributed by atoms with van der Waals surface area (Å²) in [5.74, 6) is 1.65. The largest absolute Gasteiger partial charge is 0.486 e. The normalized spacial score (nSPS) is 17.9. The summed E-state index contributed by atoms with van der Waals surface area (Å²) < 4.78 is 16.2. The Morgan fingerprint density at radius 1 is 1.26 bits per heavy atom. The minimum absolute atomic E-state index is 0.196. The first-order valence-corrected chi connectivity index (χ1v) is 8.30. The van der Waals surface area contributed by atoms with E-state index < -0.39 is 0 Å². The van der Waals surface area contributed by atoms with Gasteiger partial charge in [0.15, 0.2) is 11.5 Å². The van der Waals surface area contributed by atoms with Gasteiger partial charge in [-0.05, 0) is 37.5 Å². The van der Waals surface area contributed by atoms with Crippen molar-refractivity contribution in [2.75, 3.05) is 32.9 Å². The summed E-state index contributed by atoms with van der Waals surface area (Å²) in [5, 5.41) is 3.56. The van der Waals surface area contributed by atoms with Crippen molar-refractivity contribution in [3.8, 4) is 11.5 Å². The van der Waals surface area contributed by atoms with Crippen LogP contribution in [-0.2, 0) is 11.3 Å². The first-order chi connectivity index (χ1) is 11.3. The van der Waals surface area contributed by atoms with Crippen LogP contribution in [0.1, 0.15) is 25.3 Å². The quantitative estimate of drug-likeness (QED) is 0.921. The highest BCUT2D eigenvalue weighted by Crippen LogP contribution is 2.30. The molecule has 1 saturated heterocycles. The van der Waals surface area contributed by atoms with Gasteiger partial charge in [-0.2, -0.15) is 0 Å². The van der Waals surface area contributed by atoms with E-state index in [0.717, 1.165) is 44.0 Å². The van der Waals surface area contributed by atoms with Crippen LogP contribution >= 0.6 is 0 Å². The minimum Gasteiger partial charge on any atom is -0.486 e. The lowest BCUT2D eigenvalue weighted by Crippen LogP contribution is -2.44. The number of ether oxygens (including phenoxy) is 3. The van der Waals surface area contributed by atoms with Crippen LogP contribution in [0.5, 0.6) is 11.5 Å². The van der Waals surface area contributed by atoms with E-state index in [1.54, 1.807) is 4.90 Å². The number of hydrogen-bond acceptors (Lipinski definition) is 5. The molecule has 6 heteroatoms. The number of amides is 1. The predicted octanol–water partition coefficient (Wildman–Crippen LogP) is 2.17. The van der Waals surface area contributed by atoms with Crippen molar-refractivity contribution in [3.63, 3.8) is 0 Å². The molecule has 0 bridgehead atoms. The second-order valence-corrected chi connectivity index (χ2v) is 5.82. The first-order valence-electron chi connectivity index (χ1n) is 8.30. The summed E-state index contributed by atoms with van der Waals surface area (Å²) in [6, 6.07) is 6.49. The van der Waals surface area contributed by atoms with Gasteiger partial charge in [0, 0.05) is 25.7 Å². The third-order valence-electron chi connectivity index (χ3n) is 4.22. The molecule has 0 unspecified atom stereocenters. The monoisotopic (exact) mass is 320 g/mol. The summed E-state index contributed by atoms with van der Waals surface area (Å²) in [5.41, 5.74) is 1.18. The van der Waals surface area contributed by atoms with E-state index in [1.165, 1.54) is 5.56 Å². The van der Waals surface area contributed by atoms with E-state index in [4.69, 9.17) is 14.2 Å². The van der Waals surface area contributed by atoms with Crippen molar-refractivity contribution < 1.29 is 19.0 Å². The number of likely N-dealkylation sites (tertiary alicyclic amines) is 1. The SMILES string of the molecule is CCOC(=O)N1CCC(NCc2ccc3c(c2)OCCO3)CC1. The number of nitrogens with one attached hydrogen (secondary N) is 1. The molecule has 3 rings (SSSR count). The van der Waals surface area contributed by atoms with Crippen molar-refractivity contribution in [1.82, 2.24) is 10.2 Å². The molecule has 1 amide bonds. The van der Waals surface area contributed by atoms with E-state index in [9.17, 15) is 4.79 Å². The number of benzene rings is 1. The second kappa shape index (κ2) is 7.55. The number of carbonyl (C=O) groups excluding carboxylic acids is 1. The van der Waals surface area contributed by atoms with Gasteiger partial charge in [-0.3, -0.25) is 0 Å². The zero-order valence-corrected chi connectivity index (χ0v) is 13.5. The highest BCUT2D eigenvalue weighted by Gasteiger charge is 2.23. The van der Waals surface area contributed by atoms with E-state index >= 15 is 0 Å². The Morgan fingerprint density at radius 2 is 2.00 bits per heavy atom. The van der Waals surface area contributed by atoms with Crippen molar-refractivity contribution in [2.24, 2.45) is 0 Å². The summed E-state index contributed by atoms with van der Waals surface area (Å²) in [7, 11) is 0. The first kappa shape index (κ1) is 15.9. The molecule has 23 heavy (non-hydrogen) atoms. The third kappa shape index (κ3) is 4.07. The van der Waals surface area contributed by atoms with Gasteiger partial charge in [0.1, 0.15) is 13.2 Å².